The third-order valence-electron chi connectivity index (χ3n) is 4.27. The van der Waals surface area contributed by atoms with E-state index in [0.29, 0.717) is 30.5 Å². The van der Waals surface area contributed by atoms with Crippen molar-refractivity contribution in [2.45, 2.75) is 19.5 Å². The fourth-order valence-electron chi connectivity index (χ4n) is 2.87. The summed E-state index contributed by atoms with van der Waals surface area (Å²) in [5.74, 6) is -0.551. The van der Waals surface area contributed by atoms with E-state index in [4.69, 9.17) is 10.5 Å². The maximum atomic E-state index is 13.3. The number of benzene rings is 1. The lowest BCUT2D eigenvalue weighted by atomic mass is 10.1. The maximum absolute atomic E-state index is 13.3. The van der Waals surface area contributed by atoms with E-state index in [9.17, 15) is 9.18 Å². The molecule has 0 radical (unpaired) electrons. The summed E-state index contributed by atoms with van der Waals surface area (Å²) in [7, 11) is 0. The Labute approximate surface area is 154 Å². The van der Waals surface area contributed by atoms with Crippen molar-refractivity contribution in [3.8, 4) is 28.7 Å². The van der Waals surface area contributed by atoms with E-state index in [2.05, 4.69) is 20.3 Å². The molecule has 0 aliphatic carbocycles. The molecular formula is C18H17FN6O2. The van der Waals surface area contributed by atoms with Gasteiger partial charge in [0.15, 0.2) is 0 Å². The monoisotopic (exact) mass is 368 g/mol. The SMILES string of the molecule is C[C@@H](Nc1nccc(-c2c(-c3ccc(F)cc3)nc3n2CCO3)n1)C(N)=O. The van der Waals surface area contributed by atoms with Gasteiger partial charge in [-0.15, -0.1) is 0 Å². The van der Waals surface area contributed by atoms with Gasteiger partial charge in [0.05, 0.1) is 17.9 Å². The number of hydrogen-bond donors (Lipinski definition) is 2. The highest BCUT2D eigenvalue weighted by molar-refractivity contribution is 5.82. The van der Waals surface area contributed by atoms with Gasteiger partial charge < -0.3 is 15.8 Å². The van der Waals surface area contributed by atoms with Crippen LogP contribution in [0.1, 0.15) is 6.92 Å². The standard InChI is InChI=1S/C18H17FN6O2/c1-10(16(20)26)22-17-21-7-6-13(23-17)15-14(11-2-4-12(19)5-3-11)24-18-25(15)8-9-27-18/h2-7,10H,8-9H2,1H3,(H2,20,26)(H,21,22,23)/t10-/m1/s1. The average Bonchev–Trinajstić information content (AvgIpc) is 3.23. The van der Waals surface area contributed by atoms with Crippen molar-refractivity contribution < 1.29 is 13.9 Å². The molecule has 1 amide bonds. The Kier molecular flexibility index (Phi) is 4.19. The Balaban J connectivity index is 1.79. The van der Waals surface area contributed by atoms with Crippen LogP contribution < -0.4 is 15.8 Å². The summed E-state index contributed by atoms with van der Waals surface area (Å²) >= 11 is 0. The Morgan fingerprint density at radius 2 is 2.07 bits per heavy atom. The molecule has 0 unspecified atom stereocenters. The number of nitrogens with zero attached hydrogens (tertiary/aromatic N) is 4. The number of hydrogen-bond acceptors (Lipinski definition) is 6. The molecule has 1 atom stereocenters. The molecule has 1 aliphatic heterocycles. The van der Waals surface area contributed by atoms with Crippen molar-refractivity contribution in [3.05, 3.63) is 42.3 Å². The molecule has 0 saturated carbocycles. The van der Waals surface area contributed by atoms with Gasteiger partial charge in [-0.1, -0.05) is 0 Å². The van der Waals surface area contributed by atoms with Gasteiger partial charge in [-0.2, -0.15) is 4.98 Å². The van der Waals surface area contributed by atoms with Gasteiger partial charge in [0.2, 0.25) is 11.9 Å². The van der Waals surface area contributed by atoms with E-state index in [-0.39, 0.29) is 11.8 Å². The maximum Gasteiger partial charge on any atom is 0.297 e. The lowest BCUT2D eigenvalue weighted by molar-refractivity contribution is -0.118. The van der Waals surface area contributed by atoms with E-state index in [0.717, 1.165) is 11.3 Å². The summed E-state index contributed by atoms with van der Waals surface area (Å²) in [6.07, 6.45) is 1.59. The Morgan fingerprint density at radius 1 is 1.30 bits per heavy atom. The van der Waals surface area contributed by atoms with Crippen LogP contribution in [-0.4, -0.2) is 38.1 Å². The van der Waals surface area contributed by atoms with Crippen molar-refractivity contribution in [1.29, 1.82) is 0 Å². The first-order valence-electron chi connectivity index (χ1n) is 8.41. The van der Waals surface area contributed by atoms with Gasteiger partial charge >= 0.3 is 0 Å². The smallest absolute Gasteiger partial charge is 0.297 e. The topological polar surface area (TPSA) is 108 Å². The van der Waals surface area contributed by atoms with Crippen LogP contribution in [0, 0.1) is 5.82 Å². The molecule has 0 saturated heterocycles. The van der Waals surface area contributed by atoms with E-state index >= 15 is 0 Å². The molecule has 4 rings (SSSR count). The zero-order valence-corrected chi connectivity index (χ0v) is 14.5. The summed E-state index contributed by atoms with van der Waals surface area (Å²) in [5.41, 5.74) is 8.01. The average molecular weight is 368 g/mol. The number of nitrogens with two attached hydrogens (primary N) is 1. The molecule has 27 heavy (non-hydrogen) atoms. The van der Waals surface area contributed by atoms with Crippen molar-refractivity contribution >= 4 is 11.9 Å². The Bertz CT molecular complexity index is 1000. The highest BCUT2D eigenvalue weighted by atomic mass is 19.1. The molecule has 0 bridgehead atoms. The fraction of sp³-hybridized carbons (Fsp3) is 0.222. The predicted molar refractivity (Wildman–Crippen MR) is 96.4 cm³/mol. The Hall–Kier alpha value is -3.49. The van der Waals surface area contributed by atoms with Gasteiger partial charge in [-0.25, -0.2) is 14.4 Å². The van der Waals surface area contributed by atoms with E-state index < -0.39 is 11.9 Å². The second-order valence-corrected chi connectivity index (χ2v) is 6.13. The summed E-state index contributed by atoms with van der Waals surface area (Å²) in [4.78, 5) is 24.5. The zero-order valence-electron chi connectivity index (χ0n) is 14.5. The molecule has 138 valence electrons. The number of rotatable bonds is 5. The van der Waals surface area contributed by atoms with Crippen molar-refractivity contribution in [2.75, 3.05) is 11.9 Å². The van der Waals surface area contributed by atoms with Crippen molar-refractivity contribution in [2.24, 2.45) is 5.73 Å². The molecule has 9 heteroatoms. The highest BCUT2D eigenvalue weighted by Crippen LogP contribution is 2.36. The van der Waals surface area contributed by atoms with E-state index in [1.807, 2.05) is 4.57 Å². The second kappa shape index (κ2) is 6.67. The second-order valence-electron chi connectivity index (χ2n) is 6.13. The number of imidazole rings is 1. The molecule has 8 nitrogen and oxygen atoms in total. The summed E-state index contributed by atoms with van der Waals surface area (Å²) < 4.78 is 20.8. The minimum atomic E-state index is -0.615. The van der Waals surface area contributed by atoms with Crippen molar-refractivity contribution in [3.63, 3.8) is 0 Å². The van der Waals surface area contributed by atoms with Gasteiger partial charge in [0.25, 0.3) is 6.01 Å². The summed E-state index contributed by atoms with van der Waals surface area (Å²) in [6, 6.07) is 7.70. The molecule has 3 heterocycles. The number of amides is 1. The number of anilines is 1. The van der Waals surface area contributed by atoms with Crippen LogP contribution in [0.3, 0.4) is 0 Å². The summed E-state index contributed by atoms with van der Waals surface area (Å²) in [6.45, 7) is 2.78. The van der Waals surface area contributed by atoms with Crippen LogP contribution in [0.4, 0.5) is 10.3 Å². The lowest BCUT2D eigenvalue weighted by Crippen LogP contribution is -2.33. The number of primary amides is 1. The molecule has 2 aromatic heterocycles. The number of fused-ring (bicyclic) bond motifs is 1. The predicted octanol–water partition coefficient (Wildman–Crippen LogP) is 1.82. The molecular weight excluding hydrogens is 351 g/mol. The van der Waals surface area contributed by atoms with Gasteiger partial charge in [-0.05, 0) is 37.3 Å². The molecule has 3 N–H and O–H groups in total. The minimum Gasteiger partial charge on any atom is -0.463 e. The fourth-order valence-corrected chi connectivity index (χ4v) is 2.87. The largest absolute Gasteiger partial charge is 0.463 e. The number of aromatic nitrogens is 4. The normalized spacial score (nSPS) is 13.7. The summed E-state index contributed by atoms with van der Waals surface area (Å²) in [5, 5.41) is 2.87. The van der Waals surface area contributed by atoms with E-state index in [1.54, 1.807) is 31.3 Å². The number of nitrogens with one attached hydrogen (secondary N) is 1. The van der Waals surface area contributed by atoms with Crippen LogP contribution in [0.15, 0.2) is 36.5 Å². The zero-order chi connectivity index (χ0) is 19.0. The van der Waals surface area contributed by atoms with Crippen molar-refractivity contribution in [1.82, 2.24) is 19.5 Å². The van der Waals surface area contributed by atoms with Gasteiger partial charge in [0.1, 0.15) is 24.2 Å². The quantitative estimate of drug-likeness (QED) is 0.711. The van der Waals surface area contributed by atoms with Crippen LogP contribution >= 0.6 is 0 Å². The first-order chi connectivity index (χ1) is 13.0. The third kappa shape index (κ3) is 3.19. The Morgan fingerprint density at radius 3 is 2.81 bits per heavy atom. The third-order valence-corrected chi connectivity index (χ3v) is 4.27. The minimum absolute atomic E-state index is 0.276. The van der Waals surface area contributed by atoms with Crippen LogP contribution in [0.5, 0.6) is 6.01 Å². The van der Waals surface area contributed by atoms with Gasteiger partial charge in [0, 0.05) is 11.8 Å². The number of ether oxygens (including phenoxy) is 1. The molecule has 0 fully saturated rings. The van der Waals surface area contributed by atoms with Gasteiger partial charge in [-0.3, -0.25) is 9.36 Å². The van der Waals surface area contributed by atoms with E-state index in [1.165, 1.54) is 12.1 Å². The molecule has 1 aliphatic rings. The number of carbonyl (C=O) groups excluding carboxylic acids is 1. The van der Waals surface area contributed by atoms with Crippen LogP contribution in [0.25, 0.3) is 22.6 Å². The highest BCUT2D eigenvalue weighted by Gasteiger charge is 2.25. The number of halogens is 1. The molecule has 1 aromatic carbocycles. The molecule has 3 aromatic rings. The van der Waals surface area contributed by atoms with Crippen LogP contribution in [0.2, 0.25) is 0 Å². The lowest BCUT2D eigenvalue weighted by Gasteiger charge is -2.11. The van der Waals surface area contributed by atoms with Crippen LogP contribution in [-0.2, 0) is 11.3 Å². The first-order valence-corrected chi connectivity index (χ1v) is 8.41. The molecule has 0 spiro atoms. The first kappa shape index (κ1) is 17.0. The number of carbonyl (C=O) groups is 1.